The van der Waals surface area contributed by atoms with Crippen LogP contribution in [0.5, 0.6) is 0 Å². The van der Waals surface area contributed by atoms with Crippen LogP contribution in [-0.2, 0) is 9.59 Å². The normalized spacial score (nSPS) is 10.3. The lowest BCUT2D eigenvalue weighted by Crippen LogP contribution is -2.09. The molecule has 0 fully saturated rings. The van der Waals surface area contributed by atoms with Gasteiger partial charge in [0.05, 0.1) is 10.6 Å². The maximum absolute atomic E-state index is 11.2. The van der Waals surface area contributed by atoms with Gasteiger partial charge in [0, 0.05) is 17.8 Å². The molecule has 6 nitrogen and oxygen atoms in total. The van der Waals surface area contributed by atoms with Gasteiger partial charge in [-0.25, -0.2) is 9.59 Å². The van der Waals surface area contributed by atoms with Gasteiger partial charge < -0.3 is 15.5 Å². The Labute approximate surface area is 106 Å². The van der Waals surface area contributed by atoms with Crippen molar-refractivity contribution in [3.8, 4) is 0 Å². The highest BCUT2D eigenvalue weighted by Crippen LogP contribution is 2.20. The Morgan fingerprint density at radius 2 is 1.83 bits per heavy atom. The first kappa shape index (κ1) is 13.7. The van der Waals surface area contributed by atoms with Crippen LogP contribution in [0, 0.1) is 0 Å². The third-order valence-electron chi connectivity index (χ3n) is 1.84. The van der Waals surface area contributed by atoms with Gasteiger partial charge in [0.1, 0.15) is 0 Å². The zero-order chi connectivity index (χ0) is 13.7. The highest BCUT2D eigenvalue weighted by molar-refractivity contribution is 6.33. The third-order valence-corrected chi connectivity index (χ3v) is 2.17. The van der Waals surface area contributed by atoms with E-state index in [-0.39, 0.29) is 16.3 Å². The molecule has 1 aromatic carbocycles. The maximum atomic E-state index is 11.2. The Morgan fingerprint density at radius 1 is 1.17 bits per heavy atom. The summed E-state index contributed by atoms with van der Waals surface area (Å²) >= 11 is 5.65. The number of halogens is 1. The predicted molar refractivity (Wildman–Crippen MR) is 63.8 cm³/mol. The highest BCUT2D eigenvalue weighted by Gasteiger charge is 2.10. The molecule has 7 heteroatoms. The second-order valence-corrected chi connectivity index (χ2v) is 3.57. The van der Waals surface area contributed by atoms with Gasteiger partial charge in [-0.15, -0.1) is 0 Å². The molecule has 0 atom stereocenters. The van der Waals surface area contributed by atoms with Crippen LogP contribution in [0.15, 0.2) is 30.4 Å². The number of carbonyl (C=O) groups is 3. The van der Waals surface area contributed by atoms with E-state index in [9.17, 15) is 14.4 Å². The summed E-state index contributed by atoms with van der Waals surface area (Å²) in [7, 11) is 0. The van der Waals surface area contributed by atoms with Crippen molar-refractivity contribution in [3.05, 3.63) is 40.9 Å². The average molecular weight is 270 g/mol. The van der Waals surface area contributed by atoms with Crippen molar-refractivity contribution in [1.29, 1.82) is 0 Å². The topological polar surface area (TPSA) is 104 Å². The molecule has 0 saturated heterocycles. The number of hydrogen-bond acceptors (Lipinski definition) is 3. The zero-order valence-corrected chi connectivity index (χ0v) is 9.64. The van der Waals surface area contributed by atoms with Crippen LogP contribution >= 0.6 is 11.6 Å². The summed E-state index contributed by atoms with van der Waals surface area (Å²) in [6.07, 6.45) is 1.49. The SMILES string of the molecule is O=C(O)/C=C\C(=O)Nc1ccc(Cl)c(C(=O)O)c1. The molecule has 0 spiro atoms. The second kappa shape index (κ2) is 5.83. The molecule has 0 unspecified atom stereocenters. The monoisotopic (exact) mass is 269 g/mol. The molecule has 0 aliphatic rings. The first-order valence-corrected chi connectivity index (χ1v) is 5.03. The summed E-state index contributed by atoms with van der Waals surface area (Å²) in [5.41, 5.74) is 0.0496. The number of hydrogen-bond donors (Lipinski definition) is 3. The van der Waals surface area contributed by atoms with E-state index in [1.807, 2.05) is 0 Å². The van der Waals surface area contributed by atoms with Crippen molar-refractivity contribution in [2.24, 2.45) is 0 Å². The molecule has 0 bridgehead atoms. The molecular weight excluding hydrogens is 262 g/mol. The Morgan fingerprint density at radius 3 is 2.39 bits per heavy atom. The molecule has 18 heavy (non-hydrogen) atoms. The number of benzene rings is 1. The minimum absolute atomic E-state index is 0.0431. The van der Waals surface area contributed by atoms with E-state index in [1.54, 1.807) is 0 Å². The Kier molecular flexibility index (Phi) is 4.45. The lowest BCUT2D eigenvalue weighted by Gasteiger charge is -2.04. The number of carboxylic acids is 2. The minimum Gasteiger partial charge on any atom is -0.478 e. The largest absolute Gasteiger partial charge is 0.478 e. The minimum atomic E-state index is -1.26. The van der Waals surface area contributed by atoms with Crippen molar-refractivity contribution in [2.45, 2.75) is 0 Å². The Hall–Kier alpha value is -2.34. The van der Waals surface area contributed by atoms with Crippen LogP contribution in [0.3, 0.4) is 0 Å². The van der Waals surface area contributed by atoms with Crippen molar-refractivity contribution < 1.29 is 24.6 Å². The van der Waals surface area contributed by atoms with E-state index in [4.69, 9.17) is 21.8 Å². The van der Waals surface area contributed by atoms with Crippen LogP contribution in [0.4, 0.5) is 5.69 Å². The summed E-state index contributed by atoms with van der Waals surface area (Å²) in [4.78, 5) is 32.2. The van der Waals surface area contributed by atoms with E-state index in [1.165, 1.54) is 18.2 Å². The van der Waals surface area contributed by atoms with E-state index in [2.05, 4.69) is 5.32 Å². The fraction of sp³-hybridized carbons (Fsp3) is 0. The first-order valence-electron chi connectivity index (χ1n) is 4.65. The van der Waals surface area contributed by atoms with E-state index in [0.29, 0.717) is 6.08 Å². The Bertz CT molecular complexity index is 538. The molecule has 1 aromatic rings. The number of anilines is 1. The Balaban J connectivity index is 2.86. The van der Waals surface area contributed by atoms with Crippen molar-refractivity contribution >= 4 is 35.1 Å². The molecule has 0 saturated carbocycles. The van der Waals surface area contributed by atoms with Crippen molar-refractivity contribution in [1.82, 2.24) is 0 Å². The number of aromatic carboxylic acids is 1. The second-order valence-electron chi connectivity index (χ2n) is 3.16. The molecule has 94 valence electrons. The van der Waals surface area contributed by atoms with E-state index in [0.717, 1.165) is 6.08 Å². The van der Waals surface area contributed by atoms with Gasteiger partial charge >= 0.3 is 11.9 Å². The quantitative estimate of drug-likeness (QED) is 0.721. The molecule has 0 radical (unpaired) electrons. The first-order chi connectivity index (χ1) is 8.40. The fourth-order valence-electron chi connectivity index (χ4n) is 1.10. The maximum Gasteiger partial charge on any atom is 0.337 e. The number of aliphatic carboxylic acids is 1. The van der Waals surface area contributed by atoms with Gasteiger partial charge in [0.15, 0.2) is 0 Å². The molecule has 1 rings (SSSR count). The molecule has 0 aliphatic heterocycles. The standard InChI is InChI=1S/C11H8ClNO5/c12-8-2-1-6(5-7(8)11(17)18)13-9(14)3-4-10(15)16/h1-5H,(H,13,14)(H,15,16)(H,17,18)/b4-3-. The highest BCUT2D eigenvalue weighted by atomic mass is 35.5. The lowest BCUT2D eigenvalue weighted by atomic mass is 10.2. The van der Waals surface area contributed by atoms with Crippen LogP contribution in [0.1, 0.15) is 10.4 Å². The van der Waals surface area contributed by atoms with Crippen LogP contribution in [-0.4, -0.2) is 28.1 Å². The van der Waals surface area contributed by atoms with E-state index >= 15 is 0 Å². The van der Waals surface area contributed by atoms with E-state index < -0.39 is 17.8 Å². The zero-order valence-electron chi connectivity index (χ0n) is 8.88. The van der Waals surface area contributed by atoms with Gasteiger partial charge in [0.2, 0.25) is 5.91 Å². The summed E-state index contributed by atoms with van der Waals surface area (Å²) in [5, 5.41) is 19.5. The van der Waals surface area contributed by atoms with Crippen molar-refractivity contribution in [3.63, 3.8) is 0 Å². The molecule has 3 N–H and O–H groups in total. The van der Waals surface area contributed by atoms with Crippen LogP contribution < -0.4 is 5.32 Å². The third kappa shape index (κ3) is 3.91. The predicted octanol–water partition coefficient (Wildman–Crippen LogP) is 1.62. The summed E-state index contributed by atoms with van der Waals surface area (Å²) in [5.74, 6) is -3.17. The van der Waals surface area contributed by atoms with Crippen LogP contribution in [0.25, 0.3) is 0 Å². The van der Waals surface area contributed by atoms with Gasteiger partial charge in [-0.3, -0.25) is 4.79 Å². The molecule has 0 heterocycles. The number of carbonyl (C=O) groups excluding carboxylic acids is 1. The average Bonchev–Trinajstić information content (AvgIpc) is 2.28. The van der Waals surface area contributed by atoms with Gasteiger partial charge in [-0.05, 0) is 18.2 Å². The molecule has 0 aromatic heterocycles. The number of carboxylic acid groups (broad SMARTS) is 2. The van der Waals surface area contributed by atoms with Crippen LogP contribution in [0.2, 0.25) is 5.02 Å². The van der Waals surface area contributed by atoms with Crippen molar-refractivity contribution in [2.75, 3.05) is 5.32 Å². The molecular formula is C11H8ClNO5. The van der Waals surface area contributed by atoms with Gasteiger partial charge in [-0.1, -0.05) is 11.6 Å². The van der Waals surface area contributed by atoms with Gasteiger partial charge in [-0.2, -0.15) is 0 Å². The molecule has 0 aliphatic carbocycles. The summed E-state index contributed by atoms with van der Waals surface area (Å²) < 4.78 is 0. The fourth-order valence-corrected chi connectivity index (χ4v) is 1.30. The number of nitrogens with one attached hydrogen (secondary N) is 1. The molecule has 1 amide bonds. The lowest BCUT2D eigenvalue weighted by molar-refractivity contribution is -0.131. The number of amides is 1. The summed E-state index contributed by atoms with van der Waals surface area (Å²) in [6.45, 7) is 0. The van der Waals surface area contributed by atoms with Gasteiger partial charge in [0.25, 0.3) is 0 Å². The summed E-state index contributed by atoms with van der Waals surface area (Å²) in [6, 6.07) is 3.90. The smallest absolute Gasteiger partial charge is 0.337 e. The number of rotatable bonds is 4.